The Morgan fingerprint density at radius 2 is 0.390 bits per heavy atom. The van der Waals surface area contributed by atoms with Gasteiger partial charge in [-0.25, -0.2) is 19.9 Å². The SMILES string of the molecule is c1ccc(-c2ccc(-c3cccc(-c4ccnc(-n5c6ccccc6c6cc(-c7ccc8c(c7)c7cc(-c9ccccc9)ccc7n8-c7ccc(-c8ccc(-c9cc(-c%10ccccc%10)cc(-c%10ccnc(-n%11c%12ccccc%12c%12cc(-c%13ccc%14c(c%13)c%13ccccc%13n%14-c%13ccccc%13)ccc%12%11)n%10)c9)cc8)cc7)ccc65)n4)c3)cc2)cc1. The van der Waals surface area contributed by atoms with Gasteiger partial charge in [0.1, 0.15) is 0 Å². The summed E-state index contributed by atoms with van der Waals surface area (Å²) in [6, 6.07) is 149. The van der Waals surface area contributed by atoms with Crippen molar-refractivity contribution in [3.63, 3.8) is 0 Å². The minimum Gasteiger partial charge on any atom is -0.309 e. The predicted molar refractivity (Wildman–Crippen MR) is 489 cm³/mol. The van der Waals surface area contributed by atoms with Crippen molar-refractivity contribution in [2.45, 2.75) is 0 Å². The van der Waals surface area contributed by atoms with Crippen molar-refractivity contribution >= 4 is 87.2 Å². The molecule has 0 unspecified atom stereocenters. The van der Waals surface area contributed by atoms with Gasteiger partial charge in [-0.15, -0.1) is 0 Å². The molecule has 6 aromatic heterocycles. The van der Waals surface area contributed by atoms with E-state index in [0.29, 0.717) is 11.9 Å². The Bertz CT molecular complexity index is 7870. The largest absolute Gasteiger partial charge is 0.309 e. The molecular formula is C110H70N8. The van der Waals surface area contributed by atoms with E-state index in [9.17, 15) is 0 Å². The second-order valence-electron chi connectivity index (χ2n) is 30.6. The van der Waals surface area contributed by atoms with E-state index in [1.165, 1.54) is 54.8 Å². The van der Waals surface area contributed by atoms with Crippen LogP contribution in [0, 0.1) is 0 Å². The highest BCUT2D eigenvalue weighted by atomic mass is 15.2. The van der Waals surface area contributed by atoms with E-state index in [1.807, 2.05) is 24.5 Å². The smallest absolute Gasteiger partial charge is 0.235 e. The molecule has 0 saturated carbocycles. The summed E-state index contributed by atoms with van der Waals surface area (Å²) in [6.07, 6.45) is 3.78. The molecule has 0 aliphatic heterocycles. The van der Waals surface area contributed by atoms with Crippen LogP contribution in [0.2, 0.25) is 0 Å². The third kappa shape index (κ3) is 11.7. The van der Waals surface area contributed by atoms with E-state index < -0.39 is 0 Å². The standard InChI is InChI=1S/C110H70N8/c1-5-20-71(21-6-1)74-36-40-77(41-37-74)79-26-19-27-85(62-79)99-58-60-111-109(113-99)117-102-34-17-14-31-92(102)96-69-83(50-57-107(96)117)84-48-55-106-98(70-84)97-66-80(72-22-7-2-8-23-72)46-53-105(97)116(106)90-51-44-76(45-52-90)75-38-42-78(43-39-75)87-63-86(73-24-9-3-10-25-73)64-88(65-87)100-59-61-112-110(114-100)118-103-35-18-15-32-93(103)95-68-82(49-56-108(95)118)81-47-54-104-94(67-81)91-30-13-16-33-101(91)115(104)89-28-11-4-12-29-89/h1-70H. The second-order valence-corrected chi connectivity index (χ2v) is 30.6. The van der Waals surface area contributed by atoms with Crippen LogP contribution in [-0.2, 0) is 0 Å². The molecule has 0 N–H and O–H groups in total. The Kier molecular flexibility index (Phi) is 16.1. The normalized spacial score (nSPS) is 11.7. The molecule has 8 heteroatoms. The maximum atomic E-state index is 5.46. The van der Waals surface area contributed by atoms with Crippen LogP contribution >= 0.6 is 0 Å². The monoisotopic (exact) mass is 1500 g/mol. The van der Waals surface area contributed by atoms with E-state index in [1.54, 1.807) is 0 Å². The van der Waals surface area contributed by atoms with Crippen LogP contribution in [0.5, 0.6) is 0 Å². The number of rotatable bonds is 14. The van der Waals surface area contributed by atoms with E-state index in [2.05, 4.69) is 419 Å². The third-order valence-electron chi connectivity index (χ3n) is 23.8. The molecule has 0 spiro atoms. The first-order valence-corrected chi connectivity index (χ1v) is 40.1. The molecule has 118 heavy (non-hydrogen) atoms. The maximum absolute atomic E-state index is 5.46. The summed E-state index contributed by atoms with van der Waals surface area (Å²) < 4.78 is 9.22. The summed E-state index contributed by atoms with van der Waals surface area (Å²) in [5.41, 5.74) is 33.1. The average molecular weight is 1500 g/mol. The van der Waals surface area contributed by atoms with E-state index in [-0.39, 0.29) is 0 Å². The quantitative estimate of drug-likeness (QED) is 0.109. The van der Waals surface area contributed by atoms with Crippen molar-refractivity contribution in [1.29, 1.82) is 0 Å². The fourth-order valence-corrected chi connectivity index (χ4v) is 18.0. The first kappa shape index (κ1) is 67.8. The molecule has 0 bridgehead atoms. The van der Waals surface area contributed by atoms with Crippen molar-refractivity contribution in [2.75, 3.05) is 0 Å². The highest BCUT2D eigenvalue weighted by molar-refractivity contribution is 6.15. The van der Waals surface area contributed by atoms with Gasteiger partial charge in [-0.3, -0.25) is 9.13 Å². The van der Waals surface area contributed by atoms with Gasteiger partial charge < -0.3 is 9.13 Å². The van der Waals surface area contributed by atoms with Gasteiger partial charge in [0, 0.05) is 78.0 Å². The number of para-hydroxylation sites is 4. The lowest BCUT2D eigenvalue weighted by Crippen LogP contribution is -2.01. The Balaban J connectivity index is 0.553. The molecule has 0 fully saturated rings. The van der Waals surface area contributed by atoms with Gasteiger partial charge in [-0.2, -0.15) is 0 Å². The van der Waals surface area contributed by atoms with Crippen LogP contribution in [0.25, 0.3) is 222 Å². The highest BCUT2D eigenvalue weighted by Crippen LogP contribution is 2.44. The number of nitrogens with zero attached hydrogens (tertiary/aromatic N) is 8. The molecule has 23 rings (SSSR count). The number of hydrogen-bond donors (Lipinski definition) is 0. The molecule has 8 nitrogen and oxygen atoms in total. The fraction of sp³-hybridized carbons (Fsp3) is 0. The zero-order valence-corrected chi connectivity index (χ0v) is 64.0. The Hall–Kier alpha value is -15.9. The maximum Gasteiger partial charge on any atom is 0.235 e. The van der Waals surface area contributed by atoms with Crippen LogP contribution in [0.15, 0.2) is 425 Å². The van der Waals surface area contributed by atoms with Gasteiger partial charge in [0.25, 0.3) is 0 Å². The van der Waals surface area contributed by atoms with Crippen LogP contribution in [0.1, 0.15) is 0 Å². The Morgan fingerprint density at radius 3 is 0.822 bits per heavy atom. The van der Waals surface area contributed by atoms with Crippen LogP contribution in [-0.4, -0.2) is 38.2 Å². The van der Waals surface area contributed by atoms with E-state index >= 15 is 0 Å². The molecule has 0 saturated heterocycles. The van der Waals surface area contributed by atoms with E-state index in [0.717, 1.165) is 155 Å². The van der Waals surface area contributed by atoms with Gasteiger partial charge in [-0.1, -0.05) is 273 Å². The van der Waals surface area contributed by atoms with Crippen molar-refractivity contribution in [2.24, 2.45) is 0 Å². The molecule has 550 valence electrons. The lowest BCUT2D eigenvalue weighted by Gasteiger charge is -2.13. The molecule has 6 heterocycles. The molecule has 0 amide bonds. The molecule has 17 aromatic carbocycles. The molecule has 0 atom stereocenters. The van der Waals surface area contributed by atoms with Crippen molar-refractivity contribution in [3.05, 3.63) is 425 Å². The Labute approximate surface area is 680 Å². The summed E-state index contributed by atoms with van der Waals surface area (Å²) in [4.78, 5) is 20.8. The predicted octanol–water partition coefficient (Wildman–Crippen LogP) is 28.3. The van der Waals surface area contributed by atoms with Crippen molar-refractivity contribution in [1.82, 2.24) is 38.2 Å². The van der Waals surface area contributed by atoms with Gasteiger partial charge in [0.05, 0.1) is 55.5 Å². The molecule has 0 radical (unpaired) electrons. The number of benzene rings is 17. The van der Waals surface area contributed by atoms with Gasteiger partial charge in [-0.05, 0) is 229 Å². The fourth-order valence-electron chi connectivity index (χ4n) is 18.0. The summed E-state index contributed by atoms with van der Waals surface area (Å²) in [7, 11) is 0. The zero-order chi connectivity index (χ0) is 77.7. The van der Waals surface area contributed by atoms with Crippen LogP contribution in [0.3, 0.4) is 0 Å². The average Bonchev–Trinajstić information content (AvgIpc) is 1.59. The molecule has 0 aliphatic carbocycles. The minimum absolute atomic E-state index is 0.611. The minimum atomic E-state index is 0.611. The number of fused-ring (bicyclic) bond motifs is 12. The second kappa shape index (κ2) is 28.0. The van der Waals surface area contributed by atoms with Crippen LogP contribution in [0.4, 0.5) is 0 Å². The summed E-state index contributed by atoms with van der Waals surface area (Å²) in [5.74, 6) is 1.23. The first-order chi connectivity index (χ1) is 58.5. The summed E-state index contributed by atoms with van der Waals surface area (Å²) in [5, 5.41) is 9.37. The van der Waals surface area contributed by atoms with Crippen molar-refractivity contribution < 1.29 is 0 Å². The summed E-state index contributed by atoms with van der Waals surface area (Å²) in [6.45, 7) is 0. The van der Waals surface area contributed by atoms with Crippen LogP contribution < -0.4 is 0 Å². The Morgan fingerprint density at radius 1 is 0.144 bits per heavy atom. The molecule has 0 aliphatic rings. The number of hydrogen-bond acceptors (Lipinski definition) is 4. The van der Waals surface area contributed by atoms with Crippen molar-refractivity contribution in [3.8, 4) is 135 Å². The zero-order valence-electron chi connectivity index (χ0n) is 64.0. The van der Waals surface area contributed by atoms with Gasteiger partial charge in [0.15, 0.2) is 0 Å². The lowest BCUT2D eigenvalue weighted by atomic mass is 9.94. The lowest BCUT2D eigenvalue weighted by molar-refractivity contribution is 0.992. The van der Waals surface area contributed by atoms with Gasteiger partial charge >= 0.3 is 0 Å². The van der Waals surface area contributed by atoms with E-state index in [4.69, 9.17) is 19.9 Å². The third-order valence-corrected chi connectivity index (χ3v) is 23.8. The molecule has 23 aromatic rings. The topological polar surface area (TPSA) is 71.3 Å². The number of aromatic nitrogens is 8. The van der Waals surface area contributed by atoms with Gasteiger partial charge in [0.2, 0.25) is 11.9 Å². The summed E-state index contributed by atoms with van der Waals surface area (Å²) >= 11 is 0. The molecular weight excluding hydrogens is 1430 g/mol. The first-order valence-electron chi connectivity index (χ1n) is 40.1. The highest BCUT2D eigenvalue weighted by Gasteiger charge is 2.23.